The fourth-order valence-electron chi connectivity index (χ4n) is 3.32. The Bertz CT molecular complexity index is 1070. The summed E-state index contributed by atoms with van der Waals surface area (Å²) in [6, 6.07) is 3.68. The fraction of sp³-hybridized carbons (Fsp3) is 0.571. The van der Waals surface area contributed by atoms with Crippen molar-refractivity contribution in [1.82, 2.24) is 18.8 Å². The highest BCUT2D eigenvalue weighted by Crippen LogP contribution is 2.32. The molecular weight excluding hydrogens is 404 g/mol. The zero-order valence-electron chi connectivity index (χ0n) is 17.6. The van der Waals surface area contributed by atoms with E-state index >= 15 is 0 Å². The molecule has 0 radical (unpaired) electrons. The summed E-state index contributed by atoms with van der Waals surface area (Å²) in [5, 5.41) is 0. The van der Waals surface area contributed by atoms with Gasteiger partial charge in [-0.1, -0.05) is 32.3 Å². The van der Waals surface area contributed by atoms with Crippen molar-refractivity contribution in [2.75, 3.05) is 6.54 Å². The van der Waals surface area contributed by atoms with Crippen LogP contribution < -0.4 is 11.2 Å². The van der Waals surface area contributed by atoms with E-state index in [2.05, 4.69) is 16.9 Å². The zero-order valence-corrected chi connectivity index (χ0v) is 18.5. The summed E-state index contributed by atoms with van der Waals surface area (Å²) in [5.41, 5.74) is 0.163. The second kappa shape index (κ2) is 9.70. The van der Waals surface area contributed by atoms with E-state index in [1.54, 1.807) is 6.20 Å². The lowest BCUT2D eigenvalue weighted by atomic mass is 10.2. The normalized spacial score (nSPS) is 14.4. The fourth-order valence-corrected chi connectivity index (χ4v) is 4.87. The van der Waals surface area contributed by atoms with Crippen LogP contribution >= 0.6 is 0 Å². The molecule has 0 unspecified atom stereocenters. The zero-order chi connectivity index (χ0) is 21.7. The Balaban J connectivity index is 1.90. The van der Waals surface area contributed by atoms with E-state index in [-0.39, 0.29) is 11.4 Å². The van der Waals surface area contributed by atoms with E-state index in [0.717, 1.165) is 49.8 Å². The van der Waals surface area contributed by atoms with E-state index in [1.807, 2.05) is 19.1 Å². The molecule has 1 aliphatic carbocycles. The quantitative estimate of drug-likeness (QED) is 0.547. The van der Waals surface area contributed by atoms with Crippen LogP contribution in [0.15, 0.2) is 39.0 Å². The Morgan fingerprint density at radius 3 is 2.60 bits per heavy atom. The second-order valence-electron chi connectivity index (χ2n) is 8.06. The van der Waals surface area contributed by atoms with Crippen molar-refractivity contribution in [3.63, 3.8) is 0 Å². The minimum absolute atomic E-state index is 0.140. The summed E-state index contributed by atoms with van der Waals surface area (Å²) in [7, 11) is -4.07. The number of pyridine rings is 1. The van der Waals surface area contributed by atoms with Crippen molar-refractivity contribution in [1.29, 1.82) is 0 Å². The summed E-state index contributed by atoms with van der Waals surface area (Å²) in [6.07, 6.45) is 8.61. The monoisotopic (exact) mass is 434 g/mol. The maximum atomic E-state index is 13.4. The number of nitrogens with zero attached hydrogens (tertiary/aromatic N) is 3. The third-order valence-electron chi connectivity index (χ3n) is 5.34. The van der Waals surface area contributed by atoms with Gasteiger partial charge in [0.1, 0.15) is 0 Å². The van der Waals surface area contributed by atoms with Gasteiger partial charge in [-0.3, -0.25) is 19.3 Å². The van der Waals surface area contributed by atoms with Gasteiger partial charge in [-0.15, -0.1) is 0 Å². The van der Waals surface area contributed by atoms with Crippen molar-refractivity contribution in [3.8, 4) is 0 Å². The average Bonchev–Trinajstić information content (AvgIpc) is 3.51. The van der Waals surface area contributed by atoms with Gasteiger partial charge in [-0.05, 0) is 43.7 Å². The predicted octanol–water partition coefficient (Wildman–Crippen LogP) is 2.42. The summed E-state index contributed by atoms with van der Waals surface area (Å²) < 4.78 is 29.4. The number of H-pyrrole nitrogens is 1. The molecule has 0 aliphatic heterocycles. The number of rotatable bonds is 11. The smallest absolute Gasteiger partial charge is 0.299 e. The van der Waals surface area contributed by atoms with Crippen LogP contribution in [-0.2, 0) is 23.1 Å². The molecule has 0 atom stereocenters. The number of nitrogens with one attached hydrogen (secondary N) is 1. The molecule has 0 aromatic carbocycles. The summed E-state index contributed by atoms with van der Waals surface area (Å²) in [4.78, 5) is 30.6. The van der Waals surface area contributed by atoms with Crippen LogP contribution in [0.1, 0.15) is 56.7 Å². The molecule has 1 saturated carbocycles. The molecule has 0 spiro atoms. The van der Waals surface area contributed by atoms with Crippen molar-refractivity contribution in [2.24, 2.45) is 5.92 Å². The molecule has 1 fully saturated rings. The Morgan fingerprint density at radius 2 is 1.97 bits per heavy atom. The highest BCUT2D eigenvalue weighted by molar-refractivity contribution is 7.89. The van der Waals surface area contributed by atoms with Crippen LogP contribution in [0.2, 0.25) is 0 Å². The lowest BCUT2D eigenvalue weighted by molar-refractivity contribution is 0.389. The maximum Gasteiger partial charge on any atom is 0.328 e. The number of unbranched alkanes of at least 4 members (excludes halogenated alkanes) is 3. The van der Waals surface area contributed by atoms with Crippen molar-refractivity contribution in [3.05, 3.63) is 56.6 Å². The molecule has 9 heteroatoms. The topological polar surface area (TPSA) is 105 Å². The van der Waals surface area contributed by atoms with Gasteiger partial charge in [0, 0.05) is 37.7 Å². The highest BCUT2D eigenvalue weighted by Gasteiger charge is 2.33. The third-order valence-corrected chi connectivity index (χ3v) is 7.14. The molecule has 8 nitrogen and oxygen atoms in total. The standard InChI is InChI=1S/C21H30N4O4S/c1-3-4-5-6-11-24-15-19(20(26)23-21(24)27)30(28,29)25(13-17-9-10-17)14-18-8-7-16(2)22-12-18/h7-8,12,15,17H,3-6,9-11,13-14H2,1-2H3,(H,23,26,27). The largest absolute Gasteiger partial charge is 0.328 e. The second-order valence-corrected chi connectivity index (χ2v) is 9.96. The molecule has 30 heavy (non-hydrogen) atoms. The SMILES string of the molecule is CCCCCCn1cc(S(=O)(=O)N(Cc2ccc(C)nc2)CC2CC2)c(=O)[nH]c1=O. The van der Waals surface area contributed by atoms with E-state index in [4.69, 9.17) is 0 Å². The van der Waals surface area contributed by atoms with Gasteiger partial charge in [-0.25, -0.2) is 13.2 Å². The van der Waals surface area contributed by atoms with Crippen LogP contribution in [0.3, 0.4) is 0 Å². The number of aryl methyl sites for hydroxylation is 2. The van der Waals surface area contributed by atoms with Crippen molar-refractivity contribution >= 4 is 10.0 Å². The van der Waals surface area contributed by atoms with Crippen LogP contribution in [-0.4, -0.2) is 33.8 Å². The minimum Gasteiger partial charge on any atom is -0.299 e. The molecule has 2 aromatic rings. The van der Waals surface area contributed by atoms with E-state index < -0.39 is 21.3 Å². The van der Waals surface area contributed by atoms with Gasteiger partial charge >= 0.3 is 5.69 Å². The van der Waals surface area contributed by atoms with Gasteiger partial charge in [0.15, 0.2) is 4.90 Å². The highest BCUT2D eigenvalue weighted by atomic mass is 32.2. The Morgan fingerprint density at radius 1 is 1.20 bits per heavy atom. The van der Waals surface area contributed by atoms with Crippen LogP contribution in [0.25, 0.3) is 0 Å². The lowest BCUT2D eigenvalue weighted by Gasteiger charge is -2.22. The van der Waals surface area contributed by atoms with Gasteiger partial charge in [0.05, 0.1) is 0 Å². The molecule has 0 amide bonds. The van der Waals surface area contributed by atoms with Crippen LogP contribution in [0.4, 0.5) is 0 Å². The number of aromatic amines is 1. The maximum absolute atomic E-state index is 13.4. The van der Waals surface area contributed by atoms with Gasteiger partial charge in [0.25, 0.3) is 5.56 Å². The van der Waals surface area contributed by atoms with E-state index in [1.165, 1.54) is 15.1 Å². The lowest BCUT2D eigenvalue weighted by Crippen LogP contribution is -2.39. The molecule has 3 rings (SSSR count). The van der Waals surface area contributed by atoms with E-state index in [0.29, 0.717) is 19.0 Å². The Kier molecular flexibility index (Phi) is 7.25. The Hall–Kier alpha value is -2.26. The molecule has 164 valence electrons. The summed E-state index contributed by atoms with van der Waals surface area (Å²) in [6.45, 7) is 4.83. The molecule has 2 aromatic heterocycles. The van der Waals surface area contributed by atoms with Crippen LogP contribution in [0, 0.1) is 12.8 Å². The molecule has 1 N–H and O–H groups in total. The summed E-state index contributed by atoms with van der Waals surface area (Å²) in [5.74, 6) is 0.303. The predicted molar refractivity (Wildman–Crippen MR) is 115 cm³/mol. The first-order valence-corrected chi connectivity index (χ1v) is 12.0. The Labute approximate surface area is 177 Å². The van der Waals surface area contributed by atoms with Gasteiger partial charge < -0.3 is 0 Å². The first-order chi connectivity index (χ1) is 14.3. The summed E-state index contributed by atoms with van der Waals surface area (Å²) >= 11 is 0. The van der Waals surface area contributed by atoms with Crippen molar-refractivity contribution in [2.45, 2.75) is 70.4 Å². The molecule has 0 bridgehead atoms. The van der Waals surface area contributed by atoms with E-state index in [9.17, 15) is 18.0 Å². The average molecular weight is 435 g/mol. The molecule has 1 aliphatic rings. The number of hydrogen-bond donors (Lipinski definition) is 1. The first kappa shape index (κ1) is 22.4. The van der Waals surface area contributed by atoms with Crippen LogP contribution in [0.5, 0.6) is 0 Å². The number of sulfonamides is 1. The number of aromatic nitrogens is 3. The first-order valence-electron chi connectivity index (χ1n) is 10.6. The molecule has 2 heterocycles. The van der Waals surface area contributed by atoms with Crippen molar-refractivity contribution < 1.29 is 8.42 Å². The molecule has 0 saturated heterocycles. The molecular formula is C21H30N4O4S. The van der Waals surface area contributed by atoms with Gasteiger partial charge in [-0.2, -0.15) is 4.31 Å². The number of hydrogen-bond acceptors (Lipinski definition) is 5. The minimum atomic E-state index is -4.07. The van der Waals surface area contributed by atoms with Gasteiger partial charge in [0.2, 0.25) is 10.0 Å². The third kappa shape index (κ3) is 5.66.